The van der Waals surface area contributed by atoms with E-state index < -0.39 is 11.6 Å². The minimum Gasteiger partial charge on any atom is -0.364 e. The van der Waals surface area contributed by atoms with Gasteiger partial charge in [0, 0.05) is 30.4 Å². The zero-order chi connectivity index (χ0) is 13.1. The Morgan fingerprint density at radius 1 is 1.32 bits per heavy atom. The van der Waals surface area contributed by atoms with E-state index in [2.05, 4.69) is 10.4 Å². The van der Waals surface area contributed by atoms with Crippen molar-refractivity contribution < 1.29 is 8.78 Å². The van der Waals surface area contributed by atoms with E-state index >= 15 is 0 Å². The van der Waals surface area contributed by atoms with Crippen molar-refractivity contribution in [3.8, 4) is 0 Å². The molecule has 0 spiro atoms. The summed E-state index contributed by atoms with van der Waals surface area (Å²) in [6, 6.07) is 4.15. The summed E-state index contributed by atoms with van der Waals surface area (Å²) in [5, 5.41) is 7.30. The average Bonchev–Trinajstić information content (AvgIpc) is 2.72. The molecule has 0 amide bonds. The molecular weight excluding hydrogens is 272 g/mol. The number of hydrogen-bond donors (Lipinski definition) is 1. The first kappa shape index (κ1) is 15.4. The lowest BCUT2D eigenvalue weighted by molar-refractivity contribution is 0.500. The molecule has 104 valence electrons. The minimum atomic E-state index is -0.829. The number of hydrogen-bond acceptors (Lipinski definition) is 2. The number of benzene rings is 1. The van der Waals surface area contributed by atoms with Crippen LogP contribution in [-0.2, 0) is 13.1 Å². The van der Waals surface area contributed by atoms with E-state index in [1.165, 1.54) is 6.07 Å². The molecule has 1 heterocycles. The Kier molecular flexibility index (Phi) is 5.30. The highest BCUT2D eigenvalue weighted by molar-refractivity contribution is 5.85. The number of nitrogens with one attached hydrogen (secondary N) is 1. The smallest absolute Gasteiger partial charge is 0.163 e. The van der Waals surface area contributed by atoms with Gasteiger partial charge < -0.3 is 5.32 Å². The predicted octanol–water partition coefficient (Wildman–Crippen LogP) is 3.52. The molecule has 6 heteroatoms. The minimum absolute atomic E-state index is 0. The quantitative estimate of drug-likeness (QED) is 0.932. The van der Waals surface area contributed by atoms with E-state index in [0.717, 1.165) is 18.2 Å². The first-order chi connectivity index (χ1) is 8.61. The van der Waals surface area contributed by atoms with Gasteiger partial charge in [0.15, 0.2) is 17.5 Å². The Morgan fingerprint density at radius 3 is 2.68 bits per heavy atom. The van der Waals surface area contributed by atoms with E-state index in [9.17, 15) is 8.78 Å². The van der Waals surface area contributed by atoms with Crippen molar-refractivity contribution in [2.75, 3.05) is 5.32 Å². The summed E-state index contributed by atoms with van der Waals surface area (Å²) in [4.78, 5) is 0. The van der Waals surface area contributed by atoms with E-state index in [0.29, 0.717) is 11.4 Å². The van der Waals surface area contributed by atoms with Gasteiger partial charge in [0.2, 0.25) is 0 Å². The Balaban J connectivity index is 0.00000180. The molecule has 0 aliphatic rings. The second-order valence-electron chi connectivity index (χ2n) is 4.08. The molecule has 1 aromatic carbocycles. The summed E-state index contributed by atoms with van der Waals surface area (Å²) in [5.41, 5.74) is 1.27. The molecule has 0 aliphatic heterocycles. The van der Waals surface area contributed by atoms with Gasteiger partial charge in [-0.05, 0) is 19.9 Å². The standard InChI is InChI=1S/C13H15F2N3.ClH/c1-3-18-8-9(2)13(17-18)16-7-10-5-4-6-11(14)12(10)15;/h4-6,8H,3,7H2,1-2H3,(H,16,17);1H. The summed E-state index contributed by atoms with van der Waals surface area (Å²) in [5.74, 6) is -0.941. The molecule has 19 heavy (non-hydrogen) atoms. The van der Waals surface area contributed by atoms with Crippen LogP contribution in [0.5, 0.6) is 0 Å². The topological polar surface area (TPSA) is 29.9 Å². The molecule has 0 saturated carbocycles. The summed E-state index contributed by atoms with van der Waals surface area (Å²) in [6.07, 6.45) is 1.91. The average molecular weight is 288 g/mol. The Hall–Kier alpha value is -1.62. The van der Waals surface area contributed by atoms with Crippen LogP contribution < -0.4 is 5.32 Å². The van der Waals surface area contributed by atoms with Gasteiger partial charge in [-0.15, -0.1) is 12.4 Å². The number of aryl methyl sites for hydroxylation is 2. The predicted molar refractivity (Wildman–Crippen MR) is 73.6 cm³/mol. The largest absolute Gasteiger partial charge is 0.364 e. The molecular formula is C13H16ClF2N3. The van der Waals surface area contributed by atoms with Crippen LogP contribution in [-0.4, -0.2) is 9.78 Å². The molecule has 0 unspecified atom stereocenters. The highest BCUT2D eigenvalue weighted by Gasteiger charge is 2.09. The fourth-order valence-corrected chi connectivity index (χ4v) is 1.72. The molecule has 2 rings (SSSR count). The van der Waals surface area contributed by atoms with Crippen LogP contribution in [0.2, 0.25) is 0 Å². The molecule has 0 bridgehead atoms. The lowest BCUT2D eigenvalue weighted by Gasteiger charge is -2.06. The second-order valence-corrected chi connectivity index (χ2v) is 4.08. The zero-order valence-electron chi connectivity index (χ0n) is 10.8. The number of halogens is 3. The first-order valence-corrected chi connectivity index (χ1v) is 5.82. The van der Waals surface area contributed by atoms with Crippen LogP contribution in [0.4, 0.5) is 14.6 Å². The highest BCUT2D eigenvalue weighted by Crippen LogP contribution is 2.15. The van der Waals surface area contributed by atoms with E-state index in [1.807, 2.05) is 20.0 Å². The van der Waals surface area contributed by atoms with Gasteiger partial charge in [0.25, 0.3) is 0 Å². The Labute approximate surface area is 117 Å². The lowest BCUT2D eigenvalue weighted by atomic mass is 10.2. The Bertz CT molecular complexity index is 555. The third-order valence-electron chi connectivity index (χ3n) is 2.75. The normalized spacial score (nSPS) is 10.1. The fourth-order valence-electron chi connectivity index (χ4n) is 1.72. The lowest BCUT2D eigenvalue weighted by Crippen LogP contribution is -2.05. The maximum atomic E-state index is 13.4. The third kappa shape index (κ3) is 3.44. The number of rotatable bonds is 4. The molecule has 0 radical (unpaired) electrons. The van der Waals surface area contributed by atoms with Crippen LogP contribution in [0.3, 0.4) is 0 Å². The molecule has 2 aromatic rings. The molecule has 0 atom stereocenters. The van der Waals surface area contributed by atoms with Gasteiger partial charge in [0.05, 0.1) is 0 Å². The molecule has 0 aliphatic carbocycles. The van der Waals surface area contributed by atoms with E-state index in [-0.39, 0.29) is 19.0 Å². The first-order valence-electron chi connectivity index (χ1n) is 5.82. The zero-order valence-corrected chi connectivity index (χ0v) is 11.6. The van der Waals surface area contributed by atoms with Gasteiger partial charge >= 0.3 is 0 Å². The number of aromatic nitrogens is 2. The van der Waals surface area contributed by atoms with Gasteiger partial charge in [-0.2, -0.15) is 5.10 Å². The molecule has 0 fully saturated rings. The van der Waals surface area contributed by atoms with Crippen LogP contribution in [0, 0.1) is 18.6 Å². The van der Waals surface area contributed by atoms with Crippen LogP contribution in [0.1, 0.15) is 18.1 Å². The summed E-state index contributed by atoms with van der Waals surface area (Å²) < 4.78 is 28.2. The summed E-state index contributed by atoms with van der Waals surface area (Å²) >= 11 is 0. The van der Waals surface area contributed by atoms with Crippen LogP contribution in [0.15, 0.2) is 24.4 Å². The van der Waals surface area contributed by atoms with Crippen molar-refractivity contribution in [2.24, 2.45) is 0 Å². The molecule has 1 N–H and O–H groups in total. The summed E-state index contributed by atoms with van der Waals surface area (Å²) in [7, 11) is 0. The monoisotopic (exact) mass is 287 g/mol. The van der Waals surface area contributed by atoms with E-state index in [1.54, 1.807) is 10.7 Å². The van der Waals surface area contributed by atoms with Gasteiger partial charge in [-0.1, -0.05) is 12.1 Å². The molecule has 3 nitrogen and oxygen atoms in total. The van der Waals surface area contributed by atoms with Crippen molar-refractivity contribution in [3.63, 3.8) is 0 Å². The third-order valence-corrected chi connectivity index (χ3v) is 2.75. The molecule has 0 saturated heterocycles. The summed E-state index contributed by atoms with van der Waals surface area (Å²) in [6.45, 7) is 4.90. The van der Waals surface area contributed by atoms with Crippen LogP contribution in [0.25, 0.3) is 0 Å². The Morgan fingerprint density at radius 2 is 2.05 bits per heavy atom. The van der Waals surface area contributed by atoms with Gasteiger partial charge in [-0.3, -0.25) is 4.68 Å². The number of nitrogens with zero attached hydrogens (tertiary/aromatic N) is 2. The highest BCUT2D eigenvalue weighted by atomic mass is 35.5. The maximum absolute atomic E-state index is 13.4. The van der Waals surface area contributed by atoms with Crippen molar-refractivity contribution in [1.29, 1.82) is 0 Å². The van der Waals surface area contributed by atoms with Crippen molar-refractivity contribution in [2.45, 2.75) is 26.9 Å². The SMILES string of the molecule is CCn1cc(C)c(NCc2cccc(F)c2F)n1.Cl. The van der Waals surface area contributed by atoms with Gasteiger partial charge in [0.1, 0.15) is 0 Å². The number of anilines is 1. The van der Waals surface area contributed by atoms with E-state index in [4.69, 9.17) is 0 Å². The molecule has 1 aromatic heterocycles. The van der Waals surface area contributed by atoms with Crippen molar-refractivity contribution in [3.05, 3.63) is 47.2 Å². The maximum Gasteiger partial charge on any atom is 0.163 e. The van der Waals surface area contributed by atoms with Crippen molar-refractivity contribution in [1.82, 2.24) is 9.78 Å². The van der Waals surface area contributed by atoms with Gasteiger partial charge in [-0.25, -0.2) is 8.78 Å². The van der Waals surface area contributed by atoms with Crippen LogP contribution >= 0.6 is 12.4 Å². The fraction of sp³-hybridized carbons (Fsp3) is 0.308. The second kappa shape index (κ2) is 6.52. The van der Waals surface area contributed by atoms with Crippen molar-refractivity contribution >= 4 is 18.2 Å².